The number of hydrogen-bond donors (Lipinski definition) is 1. The van der Waals surface area contributed by atoms with Gasteiger partial charge in [-0.15, -0.1) is 0 Å². The second-order valence-electron chi connectivity index (χ2n) is 8.41. The van der Waals surface area contributed by atoms with E-state index in [2.05, 4.69) is 9.97 Å². The van der Waals surface area contributed by atoms with Crippen LogP contribution in [0.2, 0.25) is 0 Å². The summed E-state index contributed by atoms with van der Waals surface area (Å²) >= 11 is 0. The predicted molar refractivity (Wildman–Crippen MR) is 136 cm³/mol. The van der Waals surface area contributed by atoms with Crippen LogP contribution in [-0.4, -0.2) is 41.8 Å². The molecule has 10 heteroatoms. The molecule has 1 N–H and O–H groups in total. The first-order chi connectivity index (χ1) is 17.8. The molecule has 192 valence electrons. The van der Waals surface area contributed by atoms with Crippen LogP contribution in [0.1, 0.15) is 30.8 Å². The Morgan fingerprint density at radius 3 is 2.38 bits per heavy atom. The second kappa shape index (κ2) is 11.0. The third-order valence-electron chi connectivity index (χ3n) is 5.89. The lowest BCUT2D eigenvalue weighted by Gasteiger charge is -2.23. The fraction of sp³-hybridized carbons (Fsp3) is 0.222. The van der Waals surface area contributed by atoms with Crippen LogP contribution in [0.5, 0.6) is 5.88 Å². The van der Waals surface area contributed by atoms with Gasteiger partial charge < -0.3 is 9.84 Å². The third-order valence-corrected chi connectivity index (χ3v) is 7.68. The van der Waals surface area contributed by atoms with Crippen molar-refractivity contribution in [2.75, 3.05) is 13.7 Å². The number of halogens is 1. The fourth-order valence-corrected chi connectivity index (χ4v) is 5.52. The molecule has 2 aromatic carbocycles. The Hall–Kier alpha value is -3.89. The molecule has 8 nitrogen and oxygen atoms in total. The minimum atomic E-state index is -4.47. The molecule has 2 aromatic heterocycles. The molecule has 0 aliphatic carbocycles. The van der Waals surface area contributed by atoms with Gasteiger partial charge in [-0.1, -0.05) is 49.4 Å². The fourth-order valence-electron chi connectivity index (χ4n) is 4.17. The van der Waals surface area contributed by atoms with Crippen LogP contribution < -0.4 is 5.56 Å². The van der Waals surface area contributed by atoms with Gasteiger partial charge in [-0.3, -0.25) is 14.3 Å². The molecule has 0 aliphatic heterocycles. The Bertz CT molecular complexity index is 1560. The summed E-state index contributed by atoms with van der Waals surface area (Å²) in [6.45, 7) is 1.98. The van der Waals surface area contributed by atoms with Gasteiger partial charge in [0.2, 0.25) is 15.7 Å². The molecule has 0 radical (unpaired) electrons. The van der Waals surface area contributed by atoms with Crippen LogP contribution in [0.15, 0.2) is 87.6 Å². The number of nitrogens with zero attached hydrogens (tertiary/aromatic N) is 3. The zero-order valence-electron chi connectivity index (χ0n) is 20.3. The van der Waals surface area contributed by atoms with Crippen molar-refractivity contribution in [3.05, 3.63) is 101 Å². The van der Waals surface area contributed by atoms with Gasteiger partial charge >= 0.3 is 0 Å². The average molecular weight is 524 g/mol. The maximum Gasteiger partial charge on any atom is 0.277 e. The zero-order valence-corrected chi connectivity index (χ0v) is 21.2. The van der Waals surface area contributed by atoms with E-state index in [-0.39, 0.29) is 17.3 Å². The molecule has 1 atom stereocenters. The van der Waals surface area contributed by atoms with Gasteiger partial charge in [0.15, 0.2) is 4.90 Å². The SMILES string of the molecule is CCCc1nc(O)c(S(=O)(=O)c2ccc(-c3cncc(F)c3)cc2)c(=O)n1C(COC)c1ccccc1. The summed E-state index contributed by atoms with van der Waals surface area (Å²) in [5, 5.41) is 10.7. The molecule has 0 saturated carbocycles. The van der Waals surface area contributed by atoms with Crippen LogP contribution in [0.25, 0.3) is 11.1 Å². The first-order valence-corrected chi connectivity index (χ1v) is 13.1. The number of methoxy groups -OCH3 is 1. The van der Waals surface area contributed by atoms with E-state index < -0.39 is 38.0 Å². The summed E-state index contributed by atoms with van der Waals surface area (Å²) in [6.07, 6.45) is 3.47. The van der Waals surface area contributed by atoms with Gasteiger partial charge in [0.1, 0.15) is 11.6 Å². The monoisotopic (exact) mass is 523 g/mol. The van der Waals surface area contributed by atoms with Crippen molar-refractivity contribution in [3.63, 3.8) is 0 Å². The summed E-state index contributed by atoms with van der Waals surface area (Å²) < 4.78 is 47.4. The van der Waals surface area contributed by atoms with Gasteiger partial charge in [0.25, 0.3) is 5.56 Å². The summed E-state index contributed by atoms with van der Waals surface area (Å²) in [4.78, 5) is 20.7. The molecule has 0 amide bonds. The molecule has 2 heterocycles. The minimum Gasteiger partial charge on any atom is -0.492 e. The Morgan fingerprint density at radius 1 is 1.05 bits per heavy atom. The molecule has 0 aliphatic rings. The van der Waals surface area contributed by atoms with E-state index in [1.54, 1.807) is 0 Å². The van der Waals surface area contributed by atoms with E-state index in [0.29, 0.717) is 24.0 Å². The van der Waals surface area contributed by atoms with Gasteiger partial charge in [0, 0.05) is 25.3 Å². The average Bonchev–Trinajstić information content (AvgIpc) is 2.88. The number of sulfone groups is 1. The van der Waals surface area contributed by atoms with Gasteiger partial charge in [-0.05, 0) is 35.7 Å². The topological polar surface area (TPSA) is 111 Å². The summed E-state index contributed by atoms with van der Waals surface area (Å²) in [5.41, 5.74) is 0.839. The highest BCUT2D eigenvalue weighted by Crippen LogP contribution is 2.29. The molecule has 0 fully saturated rings. The van der Waals surface area contributed by atoms with Crippen molar-refractivity contribution in [2.24, 2.45) is 0 Å². The lowest BCUT2D eigenvalue weighted by atomic mass is 10.1. The molecule has 0 bridgehead atoms. The number of rotatable bonds is 9. The summed E-state index contributed by atoms with van der Waals surface area (Å²) in [6, 6.07) is 15.2. The number of aryl methyl sites for hydroxylation is 1. The molecule has 37 heavy (non-hydrogen) atoms. The second-order valence-corrected chi connectivity index (χ2v) is 10.3. The Morgan fingerprint density at radius 2 is 1.76 bits per heavy atom. The van der Waals surface area contributed by atoms with Crippen LogP contribution in [0.4, 0.5) is 4.39 Å². The Kier molecular flexibility index (Phi) is 7.80. The van der Waals surface area contributed by atoms with Crippen molar-refractivity contribution in [3.8, 4) is 17.0 Å². The highest BCUT2D eigenvalue weighted by atomic mass is 32.2. The molecular formula is C27H26FN3O5S. The molecule has 1 unspecified atom stereocenters. The van der Waals surface area contributed by atoms with E-state index in [4.69, 9.17) is 4.74 Å². The maximum absolute atomic E-state index is 13.8. The van der Waals surface area contributed by atoms with Crippen molar-refractivity contribution in [1.82, 2.24) is 14.5 Å². The highest BCUT2D eigenvalue weighted by Gasteiger charge is 2.31. The third kappa shape index (κ3) is 5.30. The summed E-state index contributed by atoms with van der Waals surface area (Å²) in [5.74, 6) is -1.13. The van der Waals surface area contributed by atoms with E-state index in [1.165, 1.54) is 48.2 Å². The maximum atomic E-state index is 13.8. The normalized spacial score (nSPS) is 12.4. The van der Waals surface area contributed by atoms with E-state index in [0.717, 1.165) is 11.8 Å². The number of benzene rings is 2. The molecule has 4 rings (SSSR count). The number of pyridine rings is 1. The molecular weight excluding hydrogens is 497 g/mol. The first-order valence-electron chi connectivity index (χ1n) is 11.6. The van der Waals surface area contributed by atoms with Crippen molar-refractivity contribution in [2.45, 2.75) is 35.6 Å². The summed E-state index contributed by atoms with van der Waals surface area (Å²) in [7, 11) is -2.98. The largest absolute Gasteiger partial charge is 0.492 e. The molecule has 0 spiro atoms. The first kappa shape index (κ1) is 26.2. The molecule has 4 aromatic rings. The van der Waals surface area contributed by atoms with Crippen molar-refractivity contribution >= 4 is 9.84 Å². The van der Waals surface area contributed by atoms with Crippen LogP contribution >= 0.6 is 0 Å². The number of aromatic hydroxyl groups is 1. The smallest absolute Gasteiger partial charge is 0.277 e. The van der Waals surface area contributed by atoms with Gasteiger partial charge in [0.05, 0.1) is 23.7 Å². The van der Waals surface area contributed by atoms with Crippen LogP contribution in [0, 0.1) is 5.82 Å². The predicted octanol–water partition coefficient (Wildman–Crippen LogP) is 4.17. The Balaban J connectivity index is 1.86. The van der Waals surface area contributed by atoms with Crippen molar-refractivity contribution in [1.29, 1.82) is 0 Å². The van der Waals surface area contributed by atoms with Gasteiger partial charge in [-0.25, -0.2) is 12.8 Å². The van der Waals surface area contributed by atoms with Crippen molar-refractivity contribution < 1.29 is 22.7 Å². The lowest BCUT2D eigenvalue weighted by molar-refractivity contribution is 0.165. The standard InChI is InChI=1S/C27H26FN3O5S/c1-3-7-24-30-26(32)25(27(33)31(24)23(17-36-2)19-8-5-4-6-9-19)37(34,35)22-12-10-18(11-13-22)20-14-21(28)16-29-15-20/h4-6,8-16,23,32H,3,7,17H2,1-2H3. The number of aromatic nitrogens is 3. The van der Waals surface area contributed by atoms with Crippen LogP contribution in [0.3, 0.4) is 0 Å². The van der Waals surface area contributed by atoms with E-state index in [1.807, 2.05) is 37.3 Å². The van der Waals surface area contributed by atoms with E-state index in [9.17, 15) is 22.7 Å². The quantitative estimate of drug-likeness (QED) is 0.350. The lowest BCUT2D eigenvalue weighted by Crippen LogP contribution is -2.35. The number of ether oxygens (including phenoxy) is 1. The minimum absolute atomic E-state index is 0.0863. The Labute approximate surface area is 214 Å². The van der Waals surface area contributed by atoms with E-state index >= 15 is 0 Å². The number of hydrogen-bond acceptors (Lipinski definition) is 7. The molecule has 0 saturated heterocycles. The highest BCUT2D eigenvalue weighted by molar-refractivity contribution is 7.91. The van der Waals surface area contributed by atoms with Crippen LogP contribution in [-0.2, 0) is 21.0 Å². The zero-order chi connectivity index (χ0) is 26.6. The van der Waals surface area contributed by atoms with Gasteiger partial charge in [-0.2, -0.15) is 4.98 Å².